The highest BCUT2D eigenvalue weighted by Crippen LogP contribution is 2.35. The van der Waals surface area contributed by atoms with E-state index in [1.54, 1.807) is 58.3 Å². The number of aromatic nitrogens is 1. The number of thioether (sulfide) groups is 1. The second-order valence-corrected chi connectivity index (χ2v) is 11.0. The van der Waals surface area contributed by atoms with Crippen molar-refractivity contribution >= 4 is 35.8 Å². The summed E-state index contributed by atoms with van der Waals surface area (Å²) in [6.07, 6.45) is 1.17. The Bertz CT molecular complexity index is 1160. The van der Waals surface area contributed by atoms with Crippen molar-refractivity contribution in [1.82, 2.24) is 20.5 Å². The van der Waals surface area contributed by atoms with E-state index in [1.807, 2.05) is 30.3 Å². The molecule has 210 valence electrons. The number of pyridine rings is 1. The van der Waals surface area contributed by atoms with Crippen LogP contribution in [0, 0.1) is 0 Å². The lowest BCUT2D eigenvalue weighted by molar-refractivity contribution is -0.129. The summed E-state index contributed by atoms with van der Waals surface area (Å²) in [7, 11) is 0. The quantitative estimate of drug-likeness (QED) is 0.400. The molecule has 2 heterocycles. The van der Waals surface area contributed by atoms with Gasteiger partial charge >= 0.3 is 12.2 Å². The molecular weight excluding hydrogens is 522 g/mol. The first-order valence-corrected chi connectivity index (χ1v) is 13.8. The molecule has 1 aromatic carbocycles. The van der Waals surface area contributed by atoms with E-state index in [4.69, 9.17) is 15.2 Å². The predicted molar refractivity (Wildman–Crippen MR) is 147 cm³/mol. The van der Waals surface area contributed by atoms with E-state index in [9.17, 15) is 19.2 Å². The standard InChI is InChI=1S/C27H35N5O6S/c1-16-21(17-11-7-6-8-12-17)37-26(36)32(16)24(34)22(39-5)20(18-13-9-10-14-29-18)30-15-19(23(28)33)31-25(35)38-27(2,3)4/h6-14,16,19-22,30H,15H2,1-5H3,(H2,28,33)(H,31,35)/t16-,19+,20-,21-,22+/m1/s1. The highest BCUT2D eigenvalue weighted by atomic mass is 32.2. The SMILES string of the molecule is CS[C@H](C(=O)N1C(=O)O[C@@H](c2ccccc2)[C@H]1C)[C@H](NC[C@H](NC(=O)OC(C)(C)C)C(N)=O)c1ccccn1. The molecule has 39 heavy (non-hydrogen) atoms. The fourth-order valence-electron chi connectivity index (χ4n) is 4.21. The van der Waals surface area contributed by atoms with Crippen LogP contribution >= 0.6 is 11.8 Å². The van der Waals surface area contributed by atoms with Crippen molar-refractivity contribution in [2.24, 2.45) is 5.73 Å². The molecule has 0 saturated carbocycles. The van der Waals surface area contributed by atoms with Gasteiger partial charge < -0.3 is 25.8 Å². The maximum Gasteiger partial charge on any atom is 0.417 e. The first-order chi connectivity index (χ1) is 18.4. The maximum absolute atomic E-state index is 13.9. The normalized spacial score (nSPS) is 19.5. The van der Waals surface area contributed by atoms with Gasteiger partial charge in [-0.15, -0.1) is 11.8 Å². The number of rotatable bonds is 10. The van der Waals surface area contributed by atoms with Gasteiger partial charge in [0.2, 0.25) is 11.8 Å². The number of hydrogen-bond acceptors (Lipinski definition) is 9. The molecule has 12 heteroatoms. The summed E-state index contributed by atoms with van der Waals surface area (Å²) >= 11 is 1.22. The molecule has 1 aliphatic heterocycles. The van der Waals surface area contributed by atoms with Crippen molar-refractivity contribution in [3.63, 3.8) is 0 Å². The second kappa shape index (κ2) is 12.9. The Morgan fingerprint density at radius 1 is 1.15 bits per heavy atom. The minimum Gasteiger partial charge on any atom is -0.444 e. The fraction of sp³-hybridized carbons (Fsp3) is 0.444. The van der Waals surface area contributed by atoms with Crippen LogP contribution in [0.2, 0.25) is 0 Å². The molecular formula is C27H35N5O6S. The topological polar surface area (TPSA) is 153 Å². The van der Waals surface area contributed by atoms with Crippen molar-refractivity contribution in [2.45, 2.75) is 62.8 Å². The lowest BCUT2D eigenvalue weighted by atomic mass is 10.0. The molecule has 1 saturated heterocycles. The van der Waals surface area contributed by atoms with Crippen LogP contribution in [0.1, 0.15) is 51.1 Å². The van der Waals surface area contributed by atoms with Crippen LogP contribution in [0.4, 0.5) is 9.59 Å². The number of nitrogens with zero attached hydrogens (tertiary/aromatic N) is 2. The van der Waals surface area contributed by atoms with Crippen molar-refractivity contribution in [1.29, 1.82) is 0 Å². The molecule has 2 aromatic rings. The van der Waals surface area contributed by atoms with Crippen molar-refractivity contribution in [3.05, 3.63) is 66.0 Å². The zero-order valence-electron chi connectivity index (χ0n) is 22.6. The molecule has 1 fully saturated rings. The predicted octanol–water partition coefficient (Wildman–Crippen LogP) is 2.93. The summed E-state index contributed by atoms with van der Waals surface area (Å²) in [6.45, 7) is 6.73. The van der Waals surface area contributed by atoms with Gasteiger partial charge in [-0.1, -0.05) is 36.4 Å². The Morgan fingerprint density at radius 3 is 2.38 bits per heavy atom. The van der Waals surface area contributed by atoms with Crippen molar-refractivity contribution in [2.75, 3.05) is 12.8 Å². The number of cyclic esters (lactones) is 1. The third-order valence-corrected chi connectivity index (χ3v) is 7.00. The van der Waals surface area contributed by atoms with Gasteiger partial charge in [-0.25, -0.2) is 14.5 Å². The monoisotopic (exact) mass is 557 g/mol. The first-order valence-electron chi connectivity index (χ1n) is 12.5. The smallest absolute Gasteiger partial charge is 0.417 e. The number of imide groups is 1. The minimum absolute atomic E-state index is 0.118. The summed E-state index contributed by atoms with van der Waals surface area (Å²) in [6, 6.07) is 12.0. The maximum atomic E-state index is 13.9. The summed E-state index contributed by atoms with van der Waals surface area (Å²) in [5.41, 5.74) is 6.06. The van der Waals surface area contributed by atoms with Gasteiger partial charge in [-0.3, -0.25) is 14.6 Å². The number of primary amides is 1. The number of benzene rings is 1. The van der Waals surface area contributed by atoms with Crippen LogP contribution in [0.15, 0.2) is 54.7 Å². The largest absolute Gasteiger partial charge is 0.444 e. The lowest BCUT2D eigenvalue weighted by Gasteiger charge is -2.30. The van der Waals surface area contributed by atoms with Gasteiger partial charge in [0.25, 0.3) is 0 Å². The molecule has 0 unspecified atom stereocenters. The first kappa shape index (κ1) is 29.9. The van der Waals surface area contributed by atoms with Crippen LogP contribution < -0.4 is 16.4 Å². The number of alkyl carbamates (subject to hydrolysis) is 1. The van der Waals surface area contributed by atoms with E-state index < -0.39 is 59.1 Å². The Hall–Kier alpha value is -3.64. The molecule has 0 radical (unpaired) electrons. The fourth-order valence-corrected chi connectivity index (χ4v) is 5.03. The number of nitrogens with one attached hydrogen (secondary N) is 2. The second-order valence-electron chi connectivity index (χ2n) is 10.1. The number of hydrogen-bond donors (Lipinski definition) is 3. The van der Waals surface area contributed by atoms with Gasteiger partial charge in [-0.2, -0.15) is 0 Å². The lowest BCUT2D eigenvalue weighted by Crippen LogP contribution is -2.54. The highest BCUT2D eigenvalue weighted by molar-refractivity contribution is 8.00. The molecule has 4 amide bonds. The third-order valence-electron chi connectivity index (χ3n) is 6.02. The minimum atomic E-state index is -1.14. The number of ether oxygens (including phenoxy) is 2. The Balaban J connectivity index is 1.83. The van der Waals surface area contributed by atoms with Gasteiger partial charge in [0.1, 0.15) is 23.0 Å². The number of nitrogens with two attached hydrogens (primary N) is 1. The Labute approximate surface area is 232 Å². The van der Waals surface area contributed by atoms with Gasteiger partial charge in [0, 0.05) is 12.7 Å². The number of carbonyl (C=O) groups is 4. The average Bonchev–Trinajstić information content (AvgIpc) is 3.18. The molecule has 0 bridgehead atoms. The van der Waals surface area contributed by atoms with Gasteiger partial charge in [-0.05, 0) is 51.6 Å². The molecule has 4 N–H and O–H groups in total. The van der Waals surface area contributed by atoms with Gasteiger partial charge in [0.15, 0.2) is 0 Å². The zero-order valence-corrected chi connectivity index (χ0v) is 23.4. The van der Waals surface area contributed by atoms with E-state index in [-0.39, 0.29) is 6.54 Å². The molecule has 3 rings (SSSR count). The van der Waals surface area contributed by atoms with Gasteiger partial charge in [0.05, 0.1) is 17.8 Å². The van der Waals surface area contributed by atoms with Crippen LogP contribution in [0.25, 0.3) is 0 Å². The average molecular weight is 558 g/mol. The van der Waals surface area contributed by atoms with E-state index in [0.717, 1.165) is 10.5 Å². The summed E-state index contributed by atoms with van der Waals surface area (Å²) in [4.78, 5) is 56.7. The van der Waals surface area contributed by atoms with Crippen LogP contribution in [0.5, 0.6) is 0 Å². The van der Waals surface area contributed by atoms with E-state index in [2.05, 4.69) is 15.6 Å². The van der Waals surface area contributed by atoms with E-state index in [1.165, 1.54) is 11.8 Å². The highest BCUT2D eigenvalue weighted by Gasteiger charge is 2.47. The zero-order chi connectivity index (χ0) is 28.7. The Morgan fingerprint density at radius 2 is 1.82 bits per heavy atom. The van der Waals surface area contributed by atoms with E-state index >= 15 is 0 Å². The third kappa shape index (κ3) is 7.70. The number of carbonyl (C=O) groups excluding carboxylic acids is 4. The Kier molecular flexibility index (Phi) is 9.92. The van der Waals surface area contributed by atoms with Crippen LogP contribution in [-0.2, 0) is 19.1 Å². The summed E-state index contributed by atoms with van der Waals surface area (Å²) < 4.78 is 10.8. The van der Waals surface area contributed by atoms with E-state index in [0.29, 0.717) is 5.69 Å². The summed E-state index contributed by atoms with van der Waals surface area (Å²) in [5, 5.41) is 4.79. The molecule has 11 nitrogen and oxygen atoms in total. The molecule has 0 spiro atoms. The molecule has 1 aliphatic rings. The van der Waals surface area contributed by atoms with Crippen molar-refractivity contribution < 1.29 is 28.7 Å². The van der Waals surface area contributed by atoms with Crippen molar-refractivity contribution in [3.8, 4) is 0 Å². The summed E-state index contributed by atoms with van der Waals surface area (Å²) in [5.74, 6) is -1.26. The molecule has 1 aromatic heterocycles. The van der Waals surface area contributed by atoms with Crippen LogP contribution in [0.3, 0.4) is 0 Å². The molecule has 5 atom stereocenters. The molecule has 0 aliphatic carbocycles. The van der Waals surface area contributed by atoms with Crippen LogP contribution in [-0.4, -0.2) is 69.6 Å². The number of amides is 4.